The van der Waals surface area contributed by atoms with Crippen LogP contribution < -0.4 is 10.1 Å². The smallest absolute Gasteiger partial charge is 0.240 e. The van der Waals surface area contributed by atoms with Gasteiger partial charge in [-0.25, -0.2) is 0 Å². The Morgan fingerprint density at radius 3 is 2.90 bits per heavy atom. The van der Waals surface area contributed by atoms with E-state index >= 15 is 0 Å². The second-order valence-corrected chi connectivity index (χ2v) is 5.02. The lowest BCUT2D eigenvalue weighted by atomic mass is 10.2. The van der Waals surface area contributed by atoms with E-state index in [-0.39, 0.29) is 11.9 Å². The summed E-state index contributed by atoms with van der Waals surface area (Å²) in [5.41, 5.74) is 1.02. The molecule has 5 heteroatoms. The fraction of sp³-hybridized carbons (Fsp3) is 0.438. The molecule has 1 aromatic carbocycles. The van der Waals surface area contributed by atoms with Crippen molar-refractivity contribution in [2.75, 3.05) is 20.3 Å². The minimum absolute atomic E-state index is 0.00823. The number of nitrogens with one attached hydrogen (secondary N) is 1. The average molecular weight is 290 g/mol. The molecule has 1 unspecified atom stereocenters. The van der Waals surface area contributed by atoms with Crippen LogP contribution in [0.3, 0.4) is 0 Å². The summed E-state index contributed by atoms with van der Waals surface area (Å²) in [6.07, 6.45) is 1.92. The molecule has 1 N–H and O–H groups in total. The standard InChI is InChI=1S/C16H22N2O3/c1-4-21-14-5-6-15-13(9-14)7-8-18(15)10-16(19)17-12(2)11-20-3/h5-9,12H,4,10-11H2,1-3H3,(H,17,19). The maximum Gasteiger partial charge on any atom is 0.240 e. The molecule has 0 bridgehead atoms. The van der Waals surface area contributed by atoms with Gasteiger partial charge < -0.3 is 19.4 Å². The number of aromatic nitrogens is 1. The number of hydrogen-bond donors (Lipinski definition) is 1. The van der Waals surface area contributed by atoms with Gasteiger partial charge in [-0.1, -0.05) is 0 Å². The van der Waals surface area contributed by atoms with Gasteiger partial charge in [0, 0.05) is 30.3 Å². The van der Waals surface area contributed by atoms with Crippen LogP contribution in [-0.4, -0.2) is 36.8 Å². The summed E-state index contributed by atoms with van der Waals surface area (Å²) in [6, 6.07) is 7.89. The molecule has 0 spiro atoms. The Labute approximate surface area is 124 Å². The van der Waals surface area contributed by atoms with E-state index in [0.717, 1.165) is 16.7 Å². The predicted molar refractivity (Wildman–Crippen MR) is 82.6 cm³/mol. The topological polar surface area (TPSA) is 52.5 Å². The van der Waals surface area contributed by atoms with Gasteiger partial charge in [0.2, 0.25) is 5.91 Å². The van der Waals surface area contributed by atoms with Gasteiger partial charge in [0.15, 0.2) is 0 Å². The molecule has 0 fully saturated rings. The lowest BCUT2D eigenvalue weighted by Crippen LogP contribution is -2.37. The first kappa shape index (κ1) is 15.4. The SMILES string of the molecule is CCOc1ccc2c(ccn2CC(=O)NC(C)COC)c1. The summed E-state index contributed by atoms with van der Waals surface area (Å²) in [5, 5.41) is 3.97. The zero-order valence-electron chi connectivity index (χ0n) is 12.8. The second kappa shape index (κ2) is 7.13. The van der Waals surface area contributed by atoms with Gasteiger partial charge in [-0.2, -0.15) is 0 Å². The Morgan fingerprint density at radius 1 is 1.38 bits per heavy atom. The largest absolute Gasteiger partial charge is 0.494 e. The molecule has 21 heavy (non-hydrogen) atoms. The molecule has 5 nitrogen and oxygen atoms in total. The number of carbonyl (C=O) groups excluding carboxylic acids is 1. The maximum atomic E-state index is 12.0. The van der Waals surface area contributed by atoms with Crippen molar-refractivity contribution < 1.29 is 14.3 Å². The first-order valence-electron chi connectivity index (χ1n) is 7.14. The van der Waals surface area contributed by atoms with Crippen LogP contribution in [0.4, 0.5) is 0 Å². The summed E-state index contributed by atoms with van der Waals surface area (Å²) < 4.78 is 12.4. The van der Waals surface area contributed by atoms with Gasteiger partial charge >= 0.3 is 0 Å². The number of fused-ring (bicyclic) bond motifs is 1. The number of ether oxygens (including phenoxy) is 2. The van der Waals surface area contributed by atoms with Crippen molar-refractivity contribution in [3.63, 3.8) is 0 Å². The molecule has 2 rings (SSSR count). The van der Waals surface area contributed by atoms with Gasteiger partial charge in [0.25, 0.3) is 0 Å². The van der Waals surface area contributed by atoms with Crippen LogP contribution in [0.5, 0.6) is 5.75 Å². The Balaban J connectivity index is 2.07. The molecule has 1 atom stereocenters. The van der Waals surface area contributed by atoms with Gasteiger partial charge in [-0.05, 0) is 38.1 Å². The third-order valence-electron chi connectivity index (χ3n) is 3.19. The number of methoxy groups -OCH3 is 1. The summed E-state index contributed by atoms with van der Waals surface area (Å²) >= 11 is 0. The van der Waals surface area contributed by atoms with Crippen molar-refractivity contribution in [2.45, 2.75) is 26.4 Å². The number of rotatable bonds is 7. The molecular formula is C16H22N2O3. The van der Waals surface area contributed by atoms with E-state index in [1.54, 1.807) is 7.11 Å². The molecule has 1 aromatic heterocycles. The van der Waals surface area contributed by atoms with Crippen molar-refractivity contribution in [3.8, 4) is 5.75 Å². The second-order valence-electron chi connectivity index (χ2n) is 5.02. The monoisotopic (exact) mass is 290 g/mol. The third-order valence-corrected chi connectivity index (χ3v) is 3.19. The molecule has 0 aliphatic heterocycles. The number of hydrogen-bond acceptors (Lipinski definition) is 3. The van der Waals surface area contributed by atoms with Crippen LogP contribution in [0, 0.1) is 0 Å². The minimum Gasteiger partial charge on any atom is -0.494 e. The molecule has 0 aliphatic carbocycles. The van der Waals surface area contributed by atoms with Crippen molar-refractivity contribution in [2.24, 2.45) is 0 Å². The summed E-state index contributed by atoms with van der Waals surface area (Å²) in [4.78, 5) is 12.0. The summed E-state index contributed by atoms with van der Waals surface area (Å²) in [6.45, 7) is 5.33. The molecule has 0 radical (unpaired) electrons. The van der Waals surface area contributed by atoms with Gasteiger partial charge in [0.1, 0.15) is 12.3 Å². The number of amides is 1. The molecule has 0 aliphatic rings. The predicted octanol–water partition coefficient (Wildman–Crippen LogP) is 2.19. The fourth-order valence-corrected chi connectivity index (χ4v) is 2.34. The lowest BCUT2D eigenvalue weighted by Gasteiger charge is -2.13. The van der Waals surface area contributed by atoms with Crippen LogP contribution in [0.15, 0.2) is 30.5 Å². The highest BCUT2D eigenvalue weighted by Crippen LogP contribution is 2.22. The number of carbonyl (C=O) groups is 1. The van der Waals surface area contributed by atoms with Gasteiger partial charge in [-0.15, -0.1) is 0 Å². The van der Waals surface area contributed by atoms with Crippen LogP contribution in [-0.2, 0) is 16.1 Å². The van der Waals surface area contributed by atoms with Crippen LogP contribution >= 0.6 is 0 Å². The van der Waals surface area contributed by atoms with Crippen molar-refractivity contribution in [1.29, 1.82) is 0 Å². The van der Waals surface area contributed by atoms with E-state index in [4.69, 9.17) is 9.47 Å². The third kappa shape index (κ3) is 3.98. The van der Waals surface area contributed by atoms with Crippen molar-refractivity contribution in [3.05, 3.63) is 30.5 Å². The van der Waals surface area contributed by atoms with Gasteiger partial charge in [0.05, 0.1) is 13.2 Å². The molecule has 114 valence electrons. The summed E-state index contributed by atoms with van der Waals surface area (Å²) in [5.74, 6) is 0.826. The highest BCUT2D eigenvalue weighted by atomic mass is 16.5. The van der Waals surface area contributed by atoms with E-state index in [0.29, 0.717) is 19.8 Å². The molecule has 2 aromatic rings. The van der Waals surface area contributed by atoms with Gasteiger partial charge in [-0.3, -0.25) is 4.79 Å². The molecule has 0 saturated carbocycles. The summed E-state index contributed by atoms with van der Waals surface area (Å²) in [7, 11) is 1.62. The van der Waals surface area contributed by atoms with Crippen LogP contribution in [0.25, 0.3) is 10.9 Å². The van der Waals surface area contributed by atoms with Crippen LogP contribution in [0.2, 0.25) is 0 Å². The molecule has 1 heterocycles. The van der Waals surface area contributed by atoms with E-state index in [1.807, 2.05) is 48.9 Å². The average Bonchev–Trinajstić information content (AvgIpc) is 2.81. The molecular weight excluding hydrogens is 268 g/mol. The Kier molecular flexibility index (Phi) is 5.22. The first-order valence-corrected chi connectivity index (χ1v) is 7.14. The Morgan fingerprint density at radius 2 is 2.19 bits per heavy atom. The highest BCUT2D eigenvalue weighted by molar-refractivity contribution is 5.84. The minimum atomic E-state index is -0.0223. The normalized spacial score (nSPS) is 12.3. The molecule has 1 amide bonds. The fourth-order valence-electron chi connectivity index (χ4n) is 2.34. The highest BCUT2D eigenvalue weighted by Gasteiger charge is 2.09. The number of nitrogens with zero attached hydrogens (tertiary/aromatic N) is 1. The zero-order valence-corrected chi connectivity index (χ0v) is 12.8. The maximum absolute atomic E-state index is 12.0. The first-order chi connectivity index (χ1) is 10.1. The van der Waals surface area contributed by atoms with E-state index in [1.165, 1.54) is 0 Å². The van der Waals surface area contributed by atoms with Crippen molar-refractivity contribution >= 4 is 16.8 Å². The Bertz CT molecular complexity index is 607. The Hall–Kier alpha value is -2.01. The number of benzene rings is 1. The van der Waals surface area contributed by atoms with Crippen molar-refractivity contribution in [1.82, 2.24) is 9.88 Å². The zero-order chi connectivity index (χ0) is 15.2. The van der Waals surface area contributed by atoms with Crippen LogP contribution in [0.1, 0.15) is 13.8 Å². The van der Waals surface area contributed by atoms with E-state index in [2.05, 4.69) is 5.32 Å². The van der Waals surface area contributed by atoms with E-state index in [9.17, 15) is 4.79 Å². The lowest BCUT2D eigenvalue weighted by molar-refractivity contribution is -0.122. The molecule has 0 saturated heterocycles. The van der Waals surface area contributed by atoms with E-state index < -0.39 is 0 Å². The quantitative estimate of drug-likeness (QED) is 0.850.